The van der Waals surface area contributed by atoms with E-state index in [2.05, 4.69) is 0 Å². The molecule has 1 aliphatic carbocycles. The van der Waals surface area contributed by atoms with Gasteiger partial charge in [-0.2, -0.15) is 0 Å². The first-order valence-corrected chi connectivity index (χ1v) is 5.48. The van der Waals surface area contributed by atoms with Gasteiger partial charge in [-0.3, -0.25) is 4.79 Å². The summed E-state index contributed by atoms with van der Waals surface area (Å²) >= 11 is 0. The van der Waals surface area contributed by atoms with E-state index in [9.17, 15) is 9.90 Å². The number of rotatable bonds is 0. The van der Waals surface area contributed by atoms with E-state index in [-0.39, 0.29) is 17.6 Å². The monoisotopic (exact) mass is 216 g/mol. The fraction of sp³-hybridized carbons (Fsp3) is 0.308. The van der Waals surface area contributed by atoms with Gasteiger partial charge in [-0.25, -0.2) is 0 Å². The van der Waals surface area contributed by atoms with E-state index in [0.717, 1.165) is 24.0 Å². The summed E-state index contributed by atoms with van der Waals surface area (Å²) in [5, 5.41) is 9.37. The highest BCUT2D eigenvalue weighted by atomic mass is 16.5. The smallest absolute Gasteiger partial charge is 0.162 e. The zero-order valence-corrected chi connectivity index (χ0v) is 8.77. The van der Waals surface area contributed by atoms with Crippen molar-refractivity contribution in [3.63, 3.8) is 0 Å². The molecule has 1 atom stereocenters. The molecular formula is C13H12O3. The molecule has 0 spiro atoms. The molecule has 1 N–H and O–H groups in total. The minimum atomic E-state index is -0.115. The molecule has 0 bridgehead atoms. The van der Waals surface area contributed by atoms with Crippen LogP contribution in [0.1, 0.15) is 24.8 Å². The zero-order chi connectivity index (χ0) is 11.1. The maximum Gasteiger partial charge on any atom is 0.162 e. The second-order valence-corrected chi connectivity index (χ2v) is 4.24. The first-order valence-electron chi connectivity index (χ1n) is 5.48. The average Bonchev–Trinajstić information content (AvgIpc) is 2.27. The molecule has 1 aliphatic heterocycles. The van der Waals surface area contributed by atoms with Crippen LogP contribution in [0.4, 0.5) is 0 Å². The second kappa shape index (κ2) is 3.37. The van der Waals surface area contributed by atoms with E-state index in [1.165, 1.54) is 0 Å². The summed E-state index contributed by atoms with van der Waals surface area (Å²) in [7, 11) is 0. The van der Waals surface area contributed by atoms with Crippen molar-refractivity contribution >= 4 is 11.9 Å². The molecule has 1 fully saturated rings. The van der Waals surface area contributed by atoms with Gasteiger partial charge in [0, 0.05) is 23.6 Å². The van der Waals surface area contributed by atoms with Gasteiger partial charge < -0.3 is 9.84 Å². The molecule has 1 saturated carbocycles. The molecule has 3 rings (SSSR count). The summed E-state index contributed by atoms with van der Waals surface area (Å²) in [5.41, 5.74) is 1.66. The van der Waals surface area contributed by atoms with Gasteiger partial charge in [-0.05, 0) is 31.1 Å². The fourth-order valence-electron chi connectivity index (χ4n) is 2.29. The van der Waals surface area contributed by atoms with E-state index in [1.807, 2.05) is 6.08 Å². The second-order valence-electron chi connectivity index (χ2n) is 4.24. The van der Waals surface area contributed by atoms with Crippen LogP contribution in [-0.4, -0.2) is 17.0 Å². The van der Waals surface area contributed by atoms with Crippen LogP contribution >= 0.6 is 0 Å². The number of carbonyl (C=O) groups is 1. The van der Waals surface area contributed by atoms with Crippen molar-refractivity contribution in [3.8, 4) is 11.5 Å². The van der Waals surface area contributed by atoms with Gasteiger partial charge in [0.1, 0.15) is 17.6 Å². The number of Topliss-reactive ketones (excluding diaryl/α,β-unsaturated/α-hetero) is 1. The number of ether oxygens (including phenoxy) is 1. The molecule has 0 radical (unpaired) electrons. The lowest BCUT2D eigenvalue weighted by atomic mass is 9.87. The normalized spacial score (nSPS) is 22.9. The molecule has 1 unspecified atom stereocenters. The predicted octanol–water partition coefficient (Wildman–Crippen LogP) is 2.29. The van der Waals surface area contributed by atoms with E-state index in [1.54, 1.807) is 18.2 Å². The van der Waals surface area contributed by atoms with Gasteiger partial charge in [0.15, 0.2) is 5.78 Å². The lowest BCUT2D eigenvalue weighted by Gasteiger charge is -2.29. The Morgan fingerprint density at radius 3 is 3.12 bits per heavy atom. The topological polar surface area (TPSA) is 46.5 Å². The van der Waals surface area contributed by atoms with Crippen LogP contribution in [0.15, 0.2) is 23.8 Å². The van der Waals surface area contributed by atoms with Gasteiger partial charge in [0.2, 0.25) is 0 Å². The Kier molecular flexibility index (Phi) is 1.99. The van der Waals surface area contributed by atoms with E-state index in [4.69, 9.17) is 4.74 Å². The van der Waals surface area contributed by atoms with Crippen LogP contribution in [0.5, 0.6) is 11.5 Å². The molecule has 2 aliphatic rings. The summed E-state index contributed by atoms with van der Waals surface area (Å²) in [4.78, 5) is 11.7. The molecule has 1 aromatic rings. The maximum absolute atomic E-state index is 11.7. The Hall–Kier alpha value is -1.77. The van der Waals surface area contributed by atoms with Crippen molar-refractivity contribution < 1.29 is 14.6 Å². The van der Waals surface area contributed by atoms with Crippen molar-refractivity contribution in [2.45, 2.75) is 25.4 Å². The van der Waals surface area contributed by atoms with E-state index < -0.39 is 0 Å². The van der Waals surface area contributed by atoms with Crippen LogP contribution in [0.25, 0.3) is 6.08 Å². The highest BCUT2D eigenvalue weighted by Crippen LogP contribution is 2.36. The van der Waals surface area contributed by atoms with Gasteiger partial charge in [-0.1, -0.05) is 0 Å². The number of phenolic OH excluding ortho intramolecular Hbond substituents is 1. The third-order valence-corrected chi connectivity index (χ3v) is 3.12. The summed E-state index contributed by atoms with van der Waals surface area (Å²) in [6, 6.07) is 4.98. The fourth-order valence-corrected chi connectivity index (χ4v) is 2.29. The zero-order valence-electron chi connectivity index (χ0n) is 8.77. The molecule has 3 heteroatoms. The lowest BCUT2D eigenvalue weighted by Crippen LogP contribution is -2.30. The van der Waals surface area contributed by atoms with Crippen molar-refractivity contribution in [2.75, 3.05) is 0 Å². The number of phenols is 1. The number of ketones is 1. The van der Waals surface area contributed by atoms with E-state index in [0.29, 0.717) is 12.2 Å². The first kappa shape index (κ1) is 9.46. The van der Waals surface area contributed by atoms with Gasteiger partial charge >= 0.3 is 0 Å². The number of hydrogen-bond donors (Lipinski definition) is 1. The number of hydrogen-bond acceptors (Lipinski definition) is 3. The van der Waals surface area contributed by atoms with Crippen LogP contribution in [0.2, 0.25) is 0 Å². The summed E-state index contributed by atoms with van der Waals surface area (Å²) in [6.45, 7) is 0. The lowest BCUT2D eigenvalue weighted by molar-refractivity contribution is -0.117. The minimum Gasteiger partial charge on any atom is -0.508 e. The first-order chi connectivity index (χ1) is 7.74. The Morgan fingerprint density at radius 2 is 2.25 bits per heavy atom. The summed E-state index contributed by atoms with van der Waals surface area (Å²) in [6.07, 6.45) is 4.17. The standard InChI is InChI=1S/C13H12O3/c14-9-5-4-8-6-10-11(15)2-1-3-12(10)16-13(8)7-9/h4-7,12,14H,1-3H2. The van der Waals surface area contributed by atoms with Crippen LogP contribution < -0.4 is 4.74 Å². The van der Waals surface area contributed by atoms with E-state index >= 15 is 0 Å². The van der Waals surface area contributed by atoms with Crippen molar-refractivity contribution in [2.24, 2.45) is 0 Å². The Bertz CT molecular complexity index is 488. The highest BCUT2D eigenvalue weighted by Gasteiger charge is 2.30. The number of fused-ring (bicyclic) bond motifs is 2. The molecule has 16 heavy (non-hydrogen) atoms. The molecule has 82 valence electrons. The molecule has 0 amide bonds. The van der Waals surface area contributed by atoms with Crippen molar-refractivity contribution in [1.82, 2.24) is 0 Å². The highest BCUT2D eigenvalue weighted by molar-refractivity contribution is 6.02. The number of aromatic hydroxyl groups is 1. The quantitative estimate of drug-likeness (QED) is 0.723. The third-order valence-electron chi connectivity index (χ3n) is 3.12. The van der Waals surface area contributed by atoms with Crippen LogP contribution in [0, 0.1) is 0 Å². The molecule has 0 saturated heterocycles. The summed E-state index contributed by atoms with van der Waals surface area (Å²) < 4.78 is 5.74. The largest absolute Gasteiger partial charge is 0.508 e. The van der Waals surface area contributed by atoms with Gasteiger partial charge in [0.05, 0.1) is 0 Å². The Labute approximate surface area is 93.4 Å². The summed E-state index contributed by atoms with van der Waals surface area (Å²) in [5.74, 6) is 1.05. The number of carbonyl (C=O) groups excluding carboxylic acids is 1. The van der Waals surface area contributed by atoms with Crippen molar-refractivity contribution in [1.29, 1.82) is 0 Å². The van der Waals surface area contributed by atoms with Crippen molar-refractivity contribution in [3.05, 3.63) is 29.3 Å². The van der Waals surface area contributed by atoms with Crippen LogP contribution in [0.3, 0.4) is 0 Å². The SMILES string of the molecule is O=C1CCCC2Oc3cc(O)ccc3C=C12. The molecule has 1 aromatic carbocycles. The van der Waals surface area contributed by atoms with Gasteiger partial charge in [0.25, 0.3) is 0 Å². The maximum atomic E-state index is 11.7. The Balaban J connectivity index is 2.08. The molecular weight excluding hydrogens is 204 g/mol. The third kappa shape index (κ3) is 1.40. The molecule has 0 aromatic heterocycles. The average molecular weight is 216 g/mol. The van der Waals surface area contributed by atoms with Gasteiger partial charge in [-0.15, -0.1) is 0 Å². The molecule has 3 nitrogen and oxygen atoms in total. The molecule has 1 heterocycles. The van der Waals surface area contributed by atoms with Crippen LogP contribution in [-0.2, 0) is 4.79 Å². The number of benzene rings is 1. The minimum absolute atomic E-state index is 0.115. The predicted molar refractivity (Wildman–Crippen MR) is 59.4 cm³/mol. The Morgan fingerprint density at radius 1 is 1.38 bits per heavy atom.